The van der Waals surface area contributed by atoms with Crippen molar-refractivity contribution in [3.05, 3.63) is 56.4 Å². The van der Waals surface area contributed by atoms with Crippen molar-refractivity contribution in [3.8, 4) is 17.8 Å². The minimum atomic E-state index is -1.33. The van der Waals surface area contributed by atoms with Crippen molar-refractivity contribution in [2.24, 2.45) is 0 Å². The van der Waals surface area contributed by atoms with E-state index in [4.69, 9.17) is 28.9 Å². The molecule has 14 heteroatoms. The fraction of sp³-hybridized carbons (Fsp3) is 0.528. The predicted molar refractivity (Wildman–Crippen MR) is 204 cm³/mol. The molecule has 2 aliphatic heterocycles. The molecule has 0 radical (unpaired) electrons. The number of hydrogen-bond acceptors (Lipinski definition) is 9. The number of ether oxygens (including phenoxy) is 4. The summed E-state index contributed by atoms with van der Waals surface area (Å²) in [7, 11) is -2.49. The summed E-state index contributed by atoms with van der Waals surface area (Å²) in [5, 5.41) is 8.90. The molecule has 0 unspecified atom stereocenters. The zero-order valence-corrected chi connectivity index (χ0v) is 36.6. The summed E-state index contributed by atoms with van der Waals surface area (Å²) in [4.78, 5) is 35.8. The molecule has 2 aliphatic rings. The van der Waals surface area contributed by atoms with Crippen LogP contribution in [0.3, 0.4) is 0 Å². The molecule has 0 bridgehead atoms. The van der Waals surface area contributed by atoms with Gasteiger partial charge in [-0.15, -0.1) is 0 Å². The summed E-state index contributed by atoms with van der Waals surface area (Å²) in [6.07, 6.45) is 4.46. The van der Waals surface area contributed by atoms with E-state index in [2.05, 4.69) is 62.1 Å². The van der Waals surface area contributed by atoms with E-state index in [1.54, 1.807) is 13.1 Å². The summed E-state index contributed by atoms with van der Waals surface area (Å²) in [6, 6.07) is 2.00. The molecular weight excluding hydrogens is 828 g/mol. The Morgan fingerprint density at radius 2 is 1.34 bits per heavy atom. The van der Waals surface area contributed by atoms with Gasteiger partial charge >= 0.3 is 18.9 Å². The number of aldehydes is 1. The Kier molecular flexibility index (Phi) is 17.7. The number of nitrogens with zero attached hydrogens (tertiary/aromatic N) is 1. The number of carbonyl (C=O) groups excluding carboxylic acids is 3. The van der Waals surface area contributed by atoms with Gasteiger partial charge in [-0.1, -0.05) is 68.6 Å². The Morgan fingerprint density at radius 1 is 0.880 bits per heavy atom. The van der Waals surface area contributed by atoms with Crippen molar-refractivity contribution < 1.29 is 58.4 Å². The maximum absolute atomic E-state index is 12.3. The molecule has 0 spiro atoms. The third-order valence-corrected chi connectivity index (χ3v) is 13.0. The zero-order chi connectivity index (χ0) is 36.0. The third kappa shape index (κ3) is 11.0. The molecule has 2 heterocycles. The molecule has 0 atom stereocenters. The minimum absolute atomic E-state index is 0. The van der Waals surface area contributed by atoms with Crippen LogP contribution >= 0.6 is 15.9 Å². The van der Waals surface area contributed by atoms with E-state index in [1.807, 2.05) is 13.8 Å². The molecular formula is C36H52BBrNO8PdSi2-. The number of carbonyl (C=O) groups is 3. The summed E-state index contributed by atoms with van der Waals surface area (Å²) in [5.41, 5.74) is 7.11. The van der Waals surface area contributed by atoms with Crippen LogP contribution in [0.25, 0.3) is 0 Å². The van der Waals surface area contributed by atoms with Gasteiger partial charge in [0.1, 0.15) is 42.1 Å². The van der Waals surface area contributed by atoms with Crippen LogP contribution in [-0.2, 0) is 65.4 Å². The third-order valence-electron chi connectivity index (χ3n) is 8.56. The van der Waals surface area contributed by atoms with Gasteiger partial charge in [0.25, 0.3) is 6.26 Å². The molecule has 0 aliphatic carbocycles. The monoisotopic (exact) mass is 878 g/mol. The maximum atomic E-state index is 12.3. The number of halogens is 1. The van der Waals surface area contributed by atoms with Gasteiger partial charge in [-0.3, -0.25) is 0 Å². The van der Waals surface area contributed by atoms with E-state index < -0.39 is 29.0 Å². The molecule has 2 aromatic rings. The smallest absolute Gasteiger partial charge is 0.404 e. The molecule has 50 heavy (non-hydrogen) atoms. The molecule has 9 nitrogen and oxygen atoms in total. The van der Waals surface area contributed by atoms with Gasteiger partial charge in [-0.25, -0.2) is 9.59 Å². The van der Waals surface area contributed by atoms with Gasteiger partial charge in [-0.05, 0) is 55.8 Å². The predicted octanol–water partition coefficient (Wildman–Crippen LogP) is 8.00. The van der Waals surface area contributed by atoms with Gasteiger partial charge in [0.15, 0.2) is 0 Å². The van der Waals surface area contributed by atoms with Crippen molar-refractivity contribution in [3.63, 3.8) is 0 Å². The van der Waals surface area contributed by atoms with E-state index in [1.165, 1.54) is 0 Å². The maximum Gasteiger partial charge on any atom is 0.404 e. The van der Waals surface area contributed by atoms with Gasteiger partial charge in [0.2, 0.25) is 0 Å². The van der Waals surface area contributed by atoms with E-state index in [0.717, 1.165) is 74.7 Å². The van der Waals surface area contributed by atoms with Crippen molar-refractivity contribution >= 4 is 62.7 Å². The van der Waals surface area contributed by atoms with Crippen LogP contribution < -0.4 is 14.9 Å². The Bertz CT molecular complexity index is 1600. The van der Waals surface area contributed by atoms with Crippen molar-refractivity contribution in [1.29, 1.82) is 5.26 Å². The van der Waals surface area contributed by atoms with Gasteiger partial charge in [0, 0.05) is 69.7 Å². The molecule has 0 amide bonds. The first-order valence-corrected chi connectivity index (χ1v) is 24.8. The van der Waals surface area contributed by atoms with Crippen LogP contribution in [0, 0.1) is 32.8 Å². The molecule has 278 valence electrons. The van der Waals surface area contributed by atoms with E-state index >= 15 is 0 Å². The number of nitriles is 1. The average Bonchev–Trinajstić information content (AvgIpc) is 3.57. The topological polar surface area (TPSA) is 121 Å². The summed E-state index contributed by atoms with van der Waals surface area (Å²) < 4.78 is 28.8. The average molecular weight is 880 g/mol. The number of fused-ring (bicyclic) bond motifs is 2. The van der Waals surface area contributed by atoms with E-state index in [9.17, 15) is 14.4 Å². The first-order chi connectivity index (χ1) is 22.5. The zero-order valence-electron chi connectivity index (χ0n) is 31.4. The fourth-order valence-electron chi connectivity index (χ4n) is 5.82. The Hall–Kier alpha value is -2.42. The minimum Gasteiger partial charge on any atom is -0.493 e. The number of esters is 2. The summed E-state index contributed by atoms with van der Waals surface area (Å²) in [5.74, 6) is 0.474. The van der Waals surface area contributed by atoms with Crippen LogP contribution in [0.2, 0.25) is 58.2 Å². The quantitative estimate of drug-likeness (QED) is 0.0612. The van der Waals surface area contributed by atoms with Crippen LogP contribution in [0.1, 0.15) is 67.4 Å². The van der Waals surface area contributed by atoms with Crippen LogP contribution in [0.15, 0.2) is 4.47 Å². The molecule has 0 saturated carbocycles. The van der Waals surface area contributed by atoms with Crippen molar-refractivity contribution in [2.45, 2.75) is 111 Å². The molecule has 0 N–H and O–H groups in total. The Balaban J connectivity index is 0.000000487. The molecule has 0 aromatic heterocycles. The normalized spacial score (nSPS) is 12.8. The Labute approximate surface area is 323 Å². The standard InChI is InChI=1S/C18H24BNO5Si.C17H25BrO3Si.CH3.Pd/c1-12-14-10-24-18(22)15(14)17(23-8-9-26(3,4)5)13(6-7-21)16(12)19(2)25-11-20;1-6-7-12-15(18)11(2)13-10-21-17(19)14(13)16(12)20-8-9-22(3,4)5;;/h7H,6,8-10H2,1-5H3;6-10H2,1-5H3;1H3;/q;;-1;. The van der Waals surface area contributed by atoms with Crippen molar-refractivity contribution in [1.82, 2.24) is 0 Å². The van der Waals surface area contributed by atoms with E-state index in [-0.39, 0.29) is 46.8 Å². The number of benzene rings is 2. The second kappa shape index (κ2) is 19.4. The molecule has 0 fully saturated rings. The fourth-order valence-corrected chi connectivity index (χ4v) is 7.86. The van der Waals surface area contributed by atoms with E-state index in [0.29, 0.717) is 42.3 Å². The number of cyclic esters (lactones) is 2. The number of hydrogen-bond donors (Lipinski definition) is 0. The van der Waals surface area contributed by atoms with Gasteiger partial charge in [-0.2, -0.15) is 5.26 Å². The SMILES string of the molecule is CB(OC#N)c1c(C)c2c(c(OCC[Si](C)(C)C)c1CC=O)C(=O)OC2.CCCc1c(Br)c(C)c2c(c1OCC[Si](C)(C)C)C(=O)OC2.[CH3-].[Pd]. The molecule has 0 saturated heterocycles. The van der Waals surface area contributed by atoms with Crippen LogP contribution in [0.5, 0.6) is 11.5 Å². The summed E-state index contributed by atoms with van der Waals surface area (Å²) in [6.45, 7) is 22.6. The largest absolute Gasteiger partial charge is 0.493 e. The second-order valence-electron chi connectivity index (χ2n) is 14.7. The van der Waals surface area contributed by atoms with Gasteiger partial charge < -0.3 is 35.8 Å². The van der Waals surface area contributed by atoms with Gasteiger partial charge in [0.05, 0.1) is 13.2 Å². The summed E-state index contributed by atoms with van der Waals surface area (Å²) >= 11 is 3.70. The van der Waals surface area contributed by atoms with Crippen LogP contribution in [-0.4, -0.2) is 54.5 Å². The van der Waals surface area contributed by atoms with Crippen molar-refractivity contribution in [2.75, 3.05) is 13.2 Å². The molecule has 4 rings (SSSR count). The van der Waals surface area contributed by atoms with Crippen LogP contribution in [0.4, 0.5) is 0 Å². The molecule has 2 aromatic carbocycles. The second-order valence-corrected chi connectivity index (χ2v) is 26.8. The first-order valence-electron chi connectivity index (χ1n) is 16.6. The first kappa shape index (κ1) is 45.6. The Morgan fingerprint density at radius 3 is 1.76 bits per heavy atom. The number of rotatable bonds is 14.